The van der Waals surface area contributed by atoms with E-state index in [0.717, 1.165) is 24.6 Å². The third-order valence-electron chi connectivity index (χ3n) is 4.07. The Kier molecular flexibility index (Phi) is 6.47. The van der Waals surface area contributed by atoms with Crippen molar-refractivity contribution in [2.75, 3.05) is 6.61 Å². The molecule has 2 aromatic rings. The summed E-state index contributed by atoms with van der Waals surface area (Å²) < 4.78 is 33.6. The molecule has 0 radical (unpaired) electrons. The van der Waals surface area contributed by atoms with Crippen LogP contribution >= 0.6 is 0 Å². The van der Waals surface area contributed by atoms with Crippen LogP contribution in [0.15, 0.2) is 30.9 Å². The van der Waals surface area contributed by atoms with Gasteiger partial charge >= 0.3 is 0 Å². The maximum Gasteiger partial charge on any atom is 0.165 e. The second kappa shape index (κ2) is 8.38. The van der Waals surface area contributed by atoms with Crippen molar-refractivity contribution in [2.45, 2.75) is 52.2 Å². The van der Waals surface area contributed by atoms with Gasteiger partial charge < -0.3 is 9.84 Å². The van der Waals surface area contributed by atoms with E-state index in [9.17, 15) is 13.9 Å². The molecule has 0 aliphatic carbocycles. The lowest BCUT2D eigenvalue weighted by Crippen LogP contribution is -2.35. The van der Waals surface area contributed by atoms with Crippen molar-refractivity contribution >= 4 is 0 Å². The zero-order chi connectivity index (χ0) is 18.4. The molecule has 7 heteroatoms. The Labute approximate surface area is 146 Å². The number of halogens is 2. The smallest absolute Gasteiger partial charge is 0.165 e. The summed E-state index contributed by atoms with van der Waals surface area (Å²) in [5.41, 5.74) is -0.294. The molecule has 0 saturated carbocycles. The van der Waals surface area contributed by atoms with Crippen molar-refractivity contribution in [3.05, 3.63) is 42.5 Å². The number of hydrogen-bond donors (Lipinski definition) is 1. The number of hydrogen-bond acceptors (Lipinski definition) is 4. The highest BCUT2D eigenvalue weighted by Crippen LogP contribution is 2.31. The first-order valence-electron chi connectivity index (χ1n) is 8.39. The molecule has 2 atom stereocenters. The normalized spacial score (nSPS) is 14.3. The number of aliphatic hydroxyl groups is 1. The van der Waals surface area contributed by atoms with E-state index >= 15 is 0 Å². The molecule has 0 aliphatic heterocycles. The number of nitrogens with zero attached hydrogens (tertiary/aromatic N) is 3. The summed E-state index contributed by atoms with van der Waals surface area (Å²) in [6, 6.07) is 2.94. The van der Waals surface area contributed by atoms with Gasteiger partial charge in [-0.15, -0.1) is 0 Å². The highest BCUT2D eigenvalue weighted by Gasteiger charge is 2.31. The van der Waals surface area contributed by atoms with Gasteiger partial charge in [-0.25, -0.2) is 18.4 Å². The maximum atomic E-state index is 13.5. The quantitative estimate of drug-likeness (QED) is 0.734. The van der Waals surface area contributed by atoms with E-state index in [0.29, 0.717) is 12.8 Å². The van der Waals surface area contributed by atoms with Gasteiger partial charge in [0.1, 0.15) is 18.5 Å². The van der Waals surface area contributed by atoms with Gasteiger partial charge in [-0.05, 0) is 36.8 Å². The van der Waals surface area contributed by atoms with Crippen molar-refractivity contribution in [1.82, 2.24) is 14.8 Å². The molecular formula is C18H25F2N3O2. The molecule has 1 aromatic carbocycles. The molecule has 0 amide bonds. The summed E-state index contributed by atoms with van der Waals surface area (Å²) in [7, 11) is 0. The van der Waals surface area contributed by atoms with Gasteiger partial charge in [0, 0.05) is 6.07 Å². The minimum atomic E-state index is -0.587. The van der Waals surface area contributed by atoms with Crippen molar-refractivity contribution in [3.8, 4) is 5.75 Å². The van der Waals surface area contributed by atoms with E-state index in [-0.39, 0.29) is 23.8 Å². The van der Waals surface area contributed by atoms with Gasteiger partial charge in [-0.2, -0.15) is 5.10 Å². The van der Waals surface area contributed by atoms with Gasteiger partial charge in [0.05, 0.1) is 18.8 Å². The Bertz CT molecular complexity index is 657. The molecule has 25 heavy (non-hydrogen) atoms. The van der Waals surface area contributed by atoms with Crippen LogP contribution in [0.4, 0.5) is 8.78 Å². The largest absolute Gasteiger partial charge is 0.490 e. The Balaban J connectivity index is 1.86. The van der Waals surface area contributed by atoms with E-state index < -0.39 is 17.7 Å². The SMILES string of the molecule is CC(C)(C)C(O)C(CCCCOc1cc(F)ccc1F)n1cncn1. The number of aromatic nitrogens is 3. The number of rotatable bonds is 8. The van der Waals surface area contributed by atoms with Gasteiger partial charge in [0.25, 0.3) is 0 Å². The van der Waals surface area contributed by atoms with Gasteiger partial charge in [0.15, 0.2) is 11.6 Å². The highest BCUT2D eigenvalue weighted by atomic mass is 19.1. The highest BCUT2D eigenvalue weighted by molar-refractivity contribution is 5.24. The van der Waals surface area contributed by atoms with Crippen LogP contribution in [0, 0.1) is 17.0 Å². The topological polar surface area (TPSA) is 60.2 Å². The molecule has 1 N–H and O–H groups in total. The molecule has 0 bridgehead atoms. The molecule has 0 fully saturated rings. The number of unbranched alkanes of at least 4 members (excludes halogenated alkanes) is 1. The maximum absolute atomic E-state index is 13.5. The minimum Gasteiger partial charge on any atom is -0.490 e. The van der Waals surface area contributed by atoms with E-state index in [1.807, 2.05) is 20.8 Å². The molecular weight excluding hydrogens is 328 g/mol. The van der Waals surface area contributed by atoms with Crippen LogP contribution in [-0.4, -0.2) is 32.6 Å². The predicted octanol–water partition coefficient (Wildman–Crippen LogP) is 3.75. The Morgan fingerprint density at radius 2 is 2.00 bits per heavy atom. The van der Waals surface area contributed by atoms with Gasteiger partial charge in [0.2, 0.25) is 0 Å². The van der Waals surface area contributed by atoms with Gasteiger partial charge in [-0.1, -0.05) is 20.8 Å². The monoisotopic (exact) mass is 353 g/mol. The first kappa shape index (κ1) is 19.3. The van der Waals surface area contributed by atoms with Crippen molar-refractivity contribution in [1.29, 1.82) is 0 Å². The van der Waals surface area contributed by atoms with Crippen LogP contribution in [0.5, 0.6) is 5.75 Å². The summed E-state index contributed by atoms with van der Waals surface area (Å²) in [5, 5.41) is 14.7. The lowest BCUT2D eigenvalue weighted by molar-refractivity contribution is 0.00822. The molecule has 5 nitrogen and oxygen atoms in total. The first-order valence-corrected chi connectivity index (χ1v) is 8.39. The third kappa shape index (κ3) is 5.49. The van der Waals surface area contributed by atoms with Crippen LogP contribution in [0.3, 0.4) is 0 Å². The van der Waals surface area contributed by atoms with Crippen LogP contribution in [0.2, 0.25) is 0 Å². The molecule has 0 spiro atoms. The van der Waals surface area contributed by atoms with E-state index in [1.54, 1.807) is 11.0 Å². The van der Waals surface area contributed by atoms with Crippen LogP contribution in [-0.2, 0) is 0 Å². The lowest BCUT2D eigenvalue weighted by atomic mass is 9.83. The Morgan fingerprint density at radius 1 is 1.24 bits per heavy atom. The third-order valence-corrected chi connectivity index (χ3v) is 4.07. The zero-order valence-corrected chi connectivity index (χ0v) is 14.8. The fraction of sp³-hybridized carbons (Fsp3) is 0.556. The number of benzene rings is 1. The summed E-state index contributed by atoms with van der Waals surface area (Å²) in [4.78, 5) is 3.95. The molecule has 1 heterocycles. The molecule has 2 rings (SSSR count). The lowest BCUT2D eigenvalue weighted by Gasteiger charge is -2.33. The fourth-order valence-corrected chi connectivity index (χ4v) is 2.63. The van der Waals surface area contributed by atoms with Crippen molar-refractivity contribution in [3.63, 3.8) is 0 Å². The average Bonchev–Trinajstić information content (AvgIpc) is 3.06. The number of ether oxygens (including phenoxy) is 1. The summed E-state index contributed by atoms with van der Waals surface area (Å²) in [6.07, 6.45) is 4.52. The standard InChI is InChI=1S/C18H25F2N3O2/c1-18(2,3)17(24)15(23-12-21-11-22-23)6-4-5-9-25-16-10-13(19)7-8-14(16)20/h7-8,10-12,15,17,24H,4-6,9H2,1-3H3. The molecule has 2 unspecified atom stereocenters. The average molecular weight is 353 g/mol. The van der Waals surface area contributed by atoms with E-state index in [4.69, 9.17) is 4.74 Å². The van der Waals surface area contributed by atoms with Crippen LogP contribution < -0.4 is 4.74 Å². The summed E-state index contributed by atoms with van der Waals surface area (Å²) >= 11 is 0. The molecule has 1 aromatic heterocycles. The summed E-state index contributed by atoms with van der Waals surface area (Å²) in [6.45, 7) is 6.18. The Hall–Kier alpha value is -2.02. The molecule has 0 saturated heterocycles. The van der Waals surface area contributed by atoms with Crippen LogP contribution in [0.1, 0.15) is 46.1 Å². The summed E-state index contributed by atoms with van der Waals surface area (Å²) in [5.74, 6) is -1.19. The first-order chi connectivity index (χ1) is 11.8. The zero-order valence-electron chi connectivity index (χ0n) is 14.8. The Morgan fingerprint density at radius 3 is 2.64 bits per heavy atom. The van der Waals surface area contributed by atoms with Gasteiger partial charge in [-0.3, -0.25) is 0 Å². The van der Waals surface area contributed by atoms with E-state index in [1.165, 1.54) is 6.33 Å². The number of aliphatic hydroxyl groups excluding tert-OH is 1. The molecule has 138 valence electrons. The van der Waals surface area contributed by atoms with Crippen LogP contribution in [0.25, 0.3) is 0 Å². The van der Waals surface area contributed by atoms with Crippen molar-refractivity contribution < 1.29 is 18.6 Å². The second-order valence-corrected chi connectivity index (χ2v) is 7.17. The van der Waals surface area contributed by atoms with E-state index in [2.05, 4.69) is 10.1 Å². The second-order valence-electron chi connectivity index (χ2n) is 7.17. The minimum absolute atomic E-state index is 0.0810. The molecule has 0 aliphatic rings. The van der Waals surface area contributed by atoms with Crippen molar-refractivity contribution in [2.24, 2.45) is 5.41 Å². The predicted molar refractivity (Wildman–Crippen MR) is 90.2 cm³/mol. The fourth-order valence-electron chi connectivity index (χ4n) is 2.63.